The molecule has 86 valence electrons. The van der Waals surface area contributed by atoms with Gasteiger partial charge < -0.3 is 10.0 Å². The summed E-state index contributed by atoms with van der Waals surface area (Å²) in [4.78, 5) is 24.3. The number of hydrogen-bond acceptors (Lipinski definition) is 4. The van der Waals surface area contributed by atoms with Crippen molar-refractivity contribution in [3.63, 3.8) is 0 Å². The van der Waals surface area contributed by atoms with Gasteiger partial charge in [0.05, 0.1) is 0 Å². The van der Waals surface area contributed by atoms with Crippen molar-refractivity contribution < 1.29 is 9.90 Å². The second-order valence-corrected chi connectivity index (χ2v) is 3.89. The lowest BCUT2D eigenvalue weighted by Gasteiger charge is -2.14. The molecule has 2 N–H and O–H groups in total. The number of H-pyrrole nitrogens is 1. The van der Waals surface area contributed by atoms with Gasteiger partial charge in [0.2, 0.25) is 0 Å². The minimum atomic E-state index is -0.328. The first-order valence-electron chi connectivity index (χ1n) is 5.16. The van der Waals surface area contributed by atoms with E-state index in [2.05, 4.69) is 10.2 Å². The Balaban J connectivity index is 2.08. The van der Waals surface area contributed by atoms with Crippen molar-refractivity contribution in [2.75, 3.05) is 19.7 Å². The zero-order valence-electron chi connectivity index (χ0n) is 8.72. The number of nitrogens with one attached hydrogen (secondary N) is 1. The molecule has 0 unspecified atom stereocenters. The van der Waals surface area contributed by atoms with Crippen LogP contribution in [0.25, 0.3) is 0 Å². The first-order chi connectivity index (χ1) is 7.70. The van der Waals surface area contributed by atoms with Crippen molar-refractivity contribution in [2.24, 2.45) is 5.92 Å². The number of aliphatic hydroxyl groups is 1. The fourth-order valence-corrected chi connectivity index (χ4v) is 1.79. The number of aliphatic hydroxyl groups excluding tert-OH is 1. The van der Waals surface area contributed by atoms with Crippen molar-refractivity contribution in [1.82, 2.24) is 15.1 Å². The van der Waals surface area contributed by atoms with Crippen molar-refractivity contribution >= 4 is 5.91 Å². The number of nitrogens with zero attached hydrogens (tertiary/aromatic N) is 2. The molecular weight excluding hydrogens is 210 g/mol. The molecule has 0 spiro atoms. The number of carbonyl (C=O) groups excluding carboxylic acids is 1. The van der Waals surface area contributed by atoms with Crippen LogP contribution >= 0.6 is 0 Å². The molecule has 1 aromatic heterocycles. The third-order valence-corrected chi connectivity index (χ3v) is 2.73. The average molecular weight is 223 g/mol. The Bertz CT molecular complexity index is 423. The summed E-state index contributed by atoms with van der Waals surface area (Å²) in [6, 6.07) is 2.69. The Hall–Kier alpha value is -1.69. The Morgan fingerprint density at radius 2 is 2.44 bits per heavy atom. The number of aromatic amines is 1. The molecule has 6 nitrogen and oxygen atoms in total. The van der Waals surface area contributed by atoms with Crippen molar-refractivity contribution in [1.29, 1.82) is 0 Å². The van der Waals surface area contributed by atoms with E-state index >= 15 is 0 Å². The van der Waals surface area contributed by atoms with Crippen LogP contribution in [0.15, 0.2) is 16.9 Å². The summed E-state index contributed by atoms with van der Waals surface area (Å²) >= 11 is 0. The van der Waals surface area contributed by atoms with Gasteiger partial charge in [0.1, 0.15) is 5.69 Å². The standard InChI is InChI=1S/C10H13N3O3/c14-6-7-3-4-13(5-7)10(16)8-1-2-9(15)12-11-8/h1-2,7,14H,3-6H2,(H,12,15)/t7-/m0/s1. The maximum absolute atomic E-state index is 11.9. The van der Waals surface area contributed by atoms with Gasteiger partial charge in [0.25, 0.3) is 11.5 Å². The third-order valence-electron chi connectivity index (χ3n) is 2.73. The maximum atomic E-state index is 11.9. The summed E-state index contributed by atoms with van der Waals surface area (Å²) in [7, 11) is 0. The van der Waals surface area contributed by atoms with E-state index < -0.39 is 0 Å². The van der Waals surface area contributed by atoms with E-state index in [0.29, 0.717) is 13.1 Å². The summed E-state index contributed by atoms with van der Waals surface area (Å²) in [6.07, 6.45) is 0.811. The first kappa shape index (κ1) is 10.8. The van der Waals surface area contributed by atoms with E-state index in [4.69, 9.17) is 5.11 Å². The van der Waals surface area contributed by atoms with Gasteiger partial charge in [0.15, 0.2) is 0 Å². The lowest BCUT2D eigenvalue weighted by Crippen LogP contribution is -2.30. The monoisotopic (exact) mass is 223 g/mol. The van der Waals surface area contributed by atoms with Gasteiger partial charge in [-0.1, -0.05) is 0 Å². The molecule has 16 heavy (non-hydrogen) atoms. The van der Waals surface area contributed by atoms with E-state index in [1.807, 2.05) is 0 Å². The largest absolute Gasteiger partial charge is 0.396 e. The van der Waals surface area contributed by atoms with Crippen molar-refractivity contribution in [3.05, 3.63) is 28.2 Å². The SMILES string of the molecule is O=C(c1ccc(=O)[nH]n1)N1CC[C@H](CO)C1. The molecule has 2 rings (SSSR count). The summed E-state index contributed by atoms with van der Waals surface area (Å²) < 4.78 is 0. The molecule has 0 bridgehead atoms. The second kappa shape index (κ2) is 4.44. The molecule has 1 aliphatic rings. The highest BCUT2D eigenvalue weighted by atomic mass is 16.3. The Morgan fingerprint density at radius 1 is 1.62 bits per heavy atom. The van der Waals surface area contributed by atoms with Crippen LogP contribution in [0.4, 0.5) is 0 Å². The number of aromatic nitrogens is 2. The molecule has 0 radical (unpaired) electrons. The van der Waals surface area contributed by atoms with E-state index in [1.54, 1.807) is 4.90 Å². The number of rotatable bonds is 2. The average Bonchev–Trinajstić information content (AvgIpc) is 2.77. The summed E-state index contributed by atoms with van der Waals surface area (Å²) in [6.45, 7) is 1.28. The van der Waals surface area contributed by atoms with Crippen molar-refractivity contribution in [3.8, 4) is 0 Å². The number of amides is 1. The van der Waals surface area contributed by atoms with Crippen LogP contribution in [0.3, 0.4) is 0 Å². The molecule has 0 saturated carbocycles. The fraction of sp³-hybridized carbons (Fsp3) is 0.500. The van der Waals surface area contributed by atoms with Gasteiger partial charge in [-0.15, -0.1) is 0 Å². The highest BCUT2D eigenvalue weighted by Gasteiger charge is 2.26. The first-order valence-corrected chi connectivity index (χ1v) is 5.16. The highest BCUT2D eigenvalue weighted by molar-refractivity contribution is 5.92. The van der Waals surface area contributed by atoms with Gasteiger partial charge in [-0.3, -0.25) is 9.59 Å². The Morgan fingerprint density at radius 3 is 3.00 bits per heavy atom. The molecule has 1 saturated heterocycles. The van der Waals surface area contributed by atoms with Crippen LogP contribution in [0.5, 0.6) is 0 Å². The third kappa shape index (κ3) is 2.11. The van der Waals surface area contributed by atoms with E-state index in [0.717, 1.165) is 6.42 Å². The molecule has 1 amide bonds. The van der Waals surface area contributed by atoms with E-state index in [9.17, 15) is 9.59 Å². The van der Waals surface area contributed by atoms with Crippen LogP contribution in [0.1, 0.15) is 16.9 Å². The number of carbonyl (C=O) groups is 1. The minimum absolute atomic E-state index is 0.100. The lowest BCUT2D eigenvalue weighted by molar-refractivity contribution is 0.0775. The zero-order chi connectivity index (χ0) is 11.5. The van der Waals surface area contributed by atoms with Crippen molar-refractivity contribution in [2.45, 2.75) is 6.42 Å². The molecule has 1 fully saturated rings. The predicted octanol–water partition coefficient (Wildman–Crippen LogP) is -0.776. The molecule has 0 aromatic carbocycles. The molecule has 2 heterocycles. The number of hydrogen-bond donors (Lipinski definition) is 2. The normalized spacial score (nSPS) is 20.1. The minimum Gasteiger partial charge on any atom is -0.396 e. The Labute approximate surface area is 91.9 Å². The van der Waals surface area contributed by atoms with Gasteiger partial charge in [-0.25, -0.2) is 5.10 Å². The van der Waals surface area contributed by atoms with Crippen LogP contribution < -0.4 is 5.56 Å². The summed E-state index contributed by atoms with van der Waals surface area (Å²) in [5.74, 6) is -0.0427. The van der Waals surface area contributed by atoms with Crippen LogP contribution in [-0.2, 0) is 0 Å². The second-order valence-electron chi connectivity index (χ2n) is 3.89. The quantitative estimate of drug-likeness (QED) is 0.689. The van der Waals surface area contributed by atoms with Gasteiger partial charge in [-0.05, 0) is 12.5 Å². The molecule has 6 heteroatoms. The molecule has 1 atom stereocenters. The smallest absolute Gasteiger partial charge is 0.274 e. The highest BCUT2D eigenvalue weighted by Crippen LogP contribution is 2.16. The predicted molar refractivity (Wildman–Crippen MR) is 56.0 cm³/mol. The Kier molecular flexibility index (Phi) is 3.00. The van der Waals surface area contributed by atoms with Crippen LogP contribution in [0.2, 0.25) is 0 Å². The number of likely N-dealkylation sites (tertiary alicyclic amines) is 1. The summed E-state index contributed by atoms with van der Waals surface area (Å²) in [5, 5.41) is 14.9. The van der Waals surface area contributed by atoms with Crippen LogP contribution in [0, 0.1) is 5.92 Å². The summed E-state index contributed by atoms with van der Waals surface area (Å²) in [5.41, 5.74) is -0.0932. The fourth-order valence-electron chi connectivity index (χ4n) is 1.79. The molecule has 0 aliphatic carbocycles. The van der Waals surface area contributed by atoms with Crippen LogP contribution in [-0.4, -0.2) is 45.8 Å². The lowest BCUT2D eigenvalue weighted by atomic mass is 10.1. The molecule has 1 aliphatic heterocycles. The molecule has 1 aromatic rings. The molecular formula is C10H13N3O3. The van der Waals surface area contributed by atoms with Gasteiger partial charge in [0, 0.05) is 31.7 Å². The maximum Gasteiger partial charge on any atom is 0.274 e. The van der Waals surface area contributed by atoms with E-state index in [-0.39, 0.29) is 29.7 Å². The zero-order valence-corrected chi connectivity index (χ0v) is 8.72. The van der Waals surface area contributed by atoms with Gasteiger partial charge >= 0.3 is 0 Å². The topological polar surface area (TPSA) is 86.3 Å². The van der Waals surface area contributed by atoms with Gasteiger partial charge in [-0.2, -0.15) is 5.10 Å². The van der Waals surface area contributed by atoms with E-state index in [1.165, 1.54) is 12.1 Å².